The Morgan fingerprint density at radius 2 is 1.97 bits per heavy atom. The van der Waals surface area contributed by atoms with Crippen LogP contribution in [0.2, 0.25) is 0 Å². The summed E-state index contributed by atoms with van der Waals surface area (Å²) >= 11 is 0. The zero-order valence-corrected chi connectivity index (χ0v) is 19.0. The van der Waals surface area contributed by atoms with E-state index >= 15 is 0 Å². The highest BCUT2D eigenvalue weighted by atomic mass is 16.7. The molecule has 0 spiro atoms. The Hall–Kier alpha value is -3.32. The molecule has 2 heterocycles. The average Bonchev–Trinajstić information content (AvgIpc) is 2.80. The van der Waals surface area contributed by atoms with Crippen molar-refractivity contribution in [2.24, 2.45) is 0 Å². The van der Waals surface area contributed by atoms with Gasteiger partial charge in [-0.2, -0.15) is 0 Å². The topological polar surface area (TPSA) is 88.1 Å². The molecule has 2 amide bonds. The molecule has 0 bridgehead atoms. The van der Waals surface area contributed by atoms with E-state index in [0.29, 0.717) is 32.2 Å². The van der Waals surface area contributed by atoms with Gasteiger partial charge in [-0.05, 0) is 47.6 Å². The molecule has 0 saturated carbocycles. The first kappa shape index (κ1) is 22.9. The van der Waals surface area contributed by atoms with E-state index in [0.717, 1.165) is 35.3 Å². The fourth-order valence-corrected chi connectivity index (χ4v) is 4.28. The smallest absolute Gasteiger partial charge is 0.404 e. The Balaban J connectivity index is 1.32. The molecule has 2 aliphatic heterocycles. The Morgan fingerprint density at radius 3 is 2.73 bits per heavy atom. The van der Waals surface area contributed by atoms with Gasteiger partial charge >= 0.3 is 6.09 Å². The summed E-state index contributed by atoms with van der Waals surface area (Å²) in [6, 6.07) is 13.9. The standard InChI is InChI=1S/C26H30N2O5/c1-26(2)32-17-22-8-6-18(15-23(22)33-26)7-9-24(29)28-12-10-20(11-13-28)21-5-3-4-19(14-21)16-27-25(30)31/h3-9,14-15,20,27H,10-13,16-17H2,1-2H3,(H,30,31). The largest absolute Gasteiger partial charge is 0.465 e. The number of nitrogens with zero attached hydrogens (tertiary/aromatic N) is 1. The second kappa shape index (κ2) is 9.67. The number of likely N-dealkylation sites (tertiary alicyclic amines) is 1. The molecule has 2 aromatic rings. The SMILES string of the molecule is CC1(C)OCc2ccc(C=CC(=O)N3CCC(c4cccc(CNC(=O)O)c4)CC3)cc2O1. The molecule has 33 heavy (non-hydrogen) atoms. The van der Waals surface area contributed by atoms with E-state index in [4.69, 9.17) is 14.6 Å². The molecule has 7 nitrogen and oxygen atoms in total. The first-order valence-electron chi connectivity index (χ1n) is 11.3. The summed E-state index contributed by atoms with van der Waals surface area (Å²) < 4.78 is 11.5. The van der Waals surface area contributed by atoms with E-state index in [-0.39, 0.29) is 5.91 Å². The second-order valence-electron chi connectivity index (χ2n) is 8.99. The Morgan fingerprint density at radius 1 is 1.18 bits per heavy atom. The summed E-state index contributed by atoms with van der Waals surface area (Å²) in [7, 11) is 0. The lowest BCUT2D eigenvalue weighted by Crippen LogP contribution is -2.36. The molecule has 4 rings (SSSR count). The minimum Gasteiger partial charge on any atom is -0.465 e. The maximum absolute atomic E-state index is 12.7. The normalized spacial score (nSPS) is 17.9. The van der Waals surface area contributed by atoms with Crippen molar-refractivity contribution in [1.82, 2.24) is 10.2 Å². The number of benzene rings is 2. The van der Waals surface area contributed by atoms with Crippen LogP contribution in [0.3, 0.4) is 0 Å². The third-order valence-electron chi connectivity index (χ3n) is 6.11. The van der Waals surface area contributed by atoms with Gasteiger partial charge in [0.15, 0.2) is 0 Å². The van der Waals surface area contributed by atoms with Crippen LogP contribution in [0.1, 0.15) is 54.9 Å². The van der Waals surface area contributed by atoms with Crippen LogP contribution < -0.4 is 10.1 Å². The lowest BCUT2D eigenvalue weighted by Gasteiger charge is -2.32. The van der Waals surface area contributed by atoms with Crippen LogP contribution in [0.15, 0.2) is 48.5 Å². The highest BCUT2D eigenvalue weighted by Crippen LogP contribution is 2.32. The summed E-state index contributed by atoms with van der Waals surface area (Å²) in [4.78, 5) is 25.3. The van der Waals surface area contributed by atoms with Crippen LogP contribution >= 0.6 is 0 Å². The van der Waals surface area contributed by atoms with Gasteiger partial charge in [0.05, 0.1) is 6.61 Å². The average molecular weight is 451 g/mol. The van der Waals surface area contributed by atoms with Crippen molar-refractivity contribution < 1.29 is 24.2 Å². The lowest BCUT2D eigenvalue weighted by atomic mass is 9.88. The van der Waals surface area contributed by atoms with Gasteiger partial charge in [0.2, 0.25) is 11.7 Å². The van der Waals surface area contributed by atoms with Crippen molar-refractivity contribution in [3.8, 4) is 5.75 Å². The quantitative estimate of drug-likeness (QED) is 0.654. The molecular formula is C26H30N2O5. The zero-order valence-electron chi connectivity index (χ0n) is 19.0. The van der Waals surface area contributed by atoms with Gasteiger partial charge in [-0.25, -0.2) is 4.79 Å². The van der Waals surface area contributed by atoms with Gasteiger partial charge in [0.1, 0.15) is 5.75 Å². The zero-order chi connectivity index (χ0) is 23.4. The maximum Gasteiger partial charge on any atom is 0.404 e. The molecule has 7 heteroatoms. The van der Waals surface area contributed by atoms with Gasteiger partial charge in [-0.1, -0.05) is 36.4 Å². The van der Waals surface area contributed by atoms with Crippen molar-refractivity contribution in [2.45, 2.75) is 51.5 Å². The number of hydrogen-bond donors (Lipinski definition) is 2. The number of ether oxygens (including phenoxy) is 2. The number of carbonyl (C=O) groups excluding carboxylic acids is 1. The number of piperidine rings is 1. The van der Waals surface area contributed by atoms with Crippen molar-refractivity contribution >= 4 is 18.1 Å². The fraction of sp³-hybridized carbons (Fsp3) is 0.385. The molecular weight excluding hydrogens is 420 g/mol. The molecule has 0 radical (unpaired) electrons. The van der Waals surface area contributed by atoms with Crippen LogP contribution in [-0.4, -0.2) is 40.9 Å². The van der Waals surface area contributed by atoms with Crippen LogP contribution in [0.5, 0.6) is 5.75 Å². The van der Waals surface area contributed by atoms with Crippen molar-refractivity contribution in [1.29, 1.82) is 0 Å². The van der Waals surface area contributed by atoms with Crippen molar-refractivity contribution in [2.75, 3.05) is 13.1 Å². The number of fused-ring (bicyclic) bond motifs is 1. The van der Waals surface area contributed by atoms with Gasteiger partial charge in [0.25, 0.3) is 0 Å². The van der Waals surface area contributed by atoms with Crippen LogP contribution in [0.4, 0.5) is 4.79 Å². The predicted octanol–water partition coefficient (Wildman–Crippen LogP) is 4.52. The molecule has 0 atom stereocenters. The molecule has 2 N–H and O–H groups in total. The van der Waals surface area contributed by atoms with E-state index in [1.165, 1.54) is 5.56 Å². The number of rotatable bonds is 5. The van der Waals surface area contributed by atoms with Gasteiger partial charge in [0, 0.05) is 45.1 Å². The fourth-order valence-electron chi connectivity index (χ4n) is 4.28. The summed E-state index contributed by atoms with van der Waals surface area (Å²) in [5, 5.41) is 11.2. The number of carbonyl (C=O) groups is 2. The molecule has 2 aromatic carbocycles. The van der Waals surface area contributed by atoms with E-state index in [1.54, 1.807) is 6.08 Å². The molecule has 1 saturated heterocycles. The minimum atomic E-state index is -1.03. The number of carboxylic acid groups (broad SMARTS) is 1. The first-order chi connectivity index (χ1) is 15.8. The number of nitrogens with one attached hydrogen (secondary N) is 1. The third-order valence-corrected chi connectivity index (χ3v) is 6.11. The highest BCUT2D eigenvalue weighted by Gasteiger charge is 2.27. The predicted molar refractivity (Wildman–Crippen MR) is 125 cm³/mol. The molecule has 174 valence electrons. The van der Waals surface area contributed by atoms with Gasteiger partial charge in [-0.15, -0.1) is 0 Å². The highest BCUT2D eigenvalue weighted by molar-refractivity contribution is 5.92. The Bertz CT molecular complexity index is 1050. The summed E-state index contributed by atoms with van der Waals surface area (Å²) in [6.07, 6.45) is 4.21. The van der Waals surface area contributed by atoms with Crippen LogP contribution in [-0.2, 0) is 22.7 Å². The van der Waals surface area contributed by atoms with Gasteiger partial charge < -0.3 is 24.8 Å². The van der Waals surface area contributed by atoms with Crippen molar-refractivity contribution in [3.63, 3.8) is 0 Å². The Kier molecular flexibility index (Phi) is 6.70. The van der Waals surface area contributed by atoms with E-state index < -0.39 is 11.9 Å². The lowest BCUT2D eigenvalue weighted by molar-refractivity contribution is -0.180. The molecule has 0 aliphatic carbocycles. The molecule has 0 unspecified atom stereocenters. The second-order valence-corrected chi connectivity index (χ2v) is 8.99. The van der Waals surface area contributed by atoms with E-state index in [1.807, 2.05) is 55.2 Å². The summed E-state index contributed by atoms with van der Waals surface area (Å²) in [6.45, 7) is 5.97. The van der Waals surface area contributed by atoms with E-state index in [2.05, 4.69) is 17.4 Å². The van der Waals surface area contributed by atoms with Crippen LogP contribution in [0.25, 0.3) is 6.08 Å². The number of amides is 2. The van der Waals surface area contributed by atoms with Crippen LogP contribution in [0, 0.1) is 0 Å². The summed E-state index contributed by atoms with van der Waals surface area (Å²) in [5.41, 5.74) is 4.06. The monoisotopic (exact) mass is 450 g/mol. The first-order valence-corrected chi connectivity index (χ1v) is 11.3. The van der Waals surface area contributed by atoms with Crippen molar-refractivity contribution in [3.05, 3.63) is 70.8 Å². The third kappa shape index (κ3) is 5.93. The maximum atomic E-state index is 12.7. The molecule has 1 fully saturated rings. The molecule has 0 aromatic heterocycles. The van der Waals surface area contributed by atoms with Gasteiger partial charge in [-0.3, -0.25) is 4.79 Å². The Labute approximate surface area is 194 Å². The number of hydrogen-bond acceptors (Lipinski definition) is 4. The molecule has 2 aliphatic rings. The minimum absolute atomic E-state index is 0.00941. The van der Waals surface area contributed by atoms with E-state index in [9.17, 15) is 9.59 Å². The summed E-state index contributed by atoms with van der Waals surface area (Å²) in [5.74, 6) is 0.519.